The minimum absolute atomic E-state index is 0.0507. The highest BCUT2D eigenvalue weighted by Gasteiger charge is 2.40. The first-order valence-corrected chi connectivity index (χ1v) is 8.40. The fourth-order valence-electron chi connectivity index (χ4n) is 3.79. The van der Waals surface area contributed by atoms with E-state index in [1.54, 1.807) is 12.1 Å². The highest BCUT2D eigenvalue weighted by Crippen LogP contribution is 2.51. The lowest BCUT2D eigenvalue weighted by Crippen LogP contribution is -2.29. The van der Waals surface area contributed by atoms with Crippen LogP contribution in [0.25, 0.3) is 0 Å². The molecule has 4 rings (SSSR count). The van der Waals surface area contributed by atoms with Gasteiger partial charge in [0.2, 0.25) is 0 Å². The predicted molar refractivity (Wildman–Crippen MR) is 93.6 cm³/mol. The molecule has 3 atom stereocenters. The lowest BCUT2D eigenvalue weighted by atomic mass is 9.77. The number of nitro benzene ring substituents is 1. The number of allylic oxidation sites excluding steroid dienone is 2. The number of nitrogens with one attached hydrogen (secondary N) is 1. The number of rotatable bonds is 2. The molecule has 0 bridgehead atoms. The van der Waals surface area contributed by atoms with E-state index in [1.165, 1.54) is 5.56 Å². The van der Waals surface area contributed by atoms with Gasteiger partial charge in [-0.15, -0.1) is 0 Å². The van der Waals surface area contributed by atoms with Crippen molar-refractivity contribution in [2.45, 2.75) is 18.4 Å². The van der Waals surface area contributed by atoms with Crippen molar-refractivity contribution in [2.24, 2.45) is 5.92 Å². The topological polar surface area (TPSA) is 55.2 Å². The highest BCUT2D eigenvalue weighted by atomic mass is 79.9. The van der Waals surface area contributed by atoms with Crippen LogP contribution in [0.3, 0.4) is 0 Å². The summed E-state index contributed by atoms with van der Waals surface area (Å²) in [6.07, 6.45) is 5.35. The molecule has 5 heteroatoms. The van der Waals surface area contributed by atoms with Crippen LogP contribution in [-0.4, -0.2) is 4.92 Å². The van der Waals surface area contributed by atoms with E-state index in [1.807, 2.05) is 24.3 Å². The van der Waals surface area contributed by atoms with Crippen LogP contribution in [0, 0.1) is 16.0 Å². The van der Waals surface area contributed by atoms with E-state index < -0.39 is 0 Å². The van der Waals surface area contributed by atoms with Gasteiger partial charge in [-0.05, 0) is 36.1 Å². The Morgan fingerprint density at radius 1 is 1.17 bits per heavy atom. The van der Waals surface area contributed by atoms with Gasteiger partial charge in [-0.25, -0.2) is 0 Å². The molecule has 1 aliphatic carbocycles. The lowest BCUT2D eigenvalue weighted by Gasteiger charge is -2.37. The molecule has 0 amide bonds. The van der Waals surface area contributed by atoms with E-state index in [9.17, 15) is 10.1 Å². The van der Waals surface area contributed by atoms with Gasteiger partial charge in [-0.1, -0.05) is 46.3 Å². The summed E-state index contributed by atoms with van der Waals surface area (Å²) in [6, 6.07) is 13.2. The number of hydrogen-bond donors (Lipinski definition) is 1. The summed E-state index contributed by atoms with van der Waals surface area (Å²) in [5.41, 5.74) is 3.28. The van der Waals surface area contributed by atoms with E-state index in [-0.39, 0.29) is 16.7 Å². The summed E-state index contributed by atoms with van der Waals surface area (Å²) in [7, 11) is 0. The van der Waals surface area contributed by atoms with Gasteiger partial charge < -0.3 is 5.32 Å². The van der Waals surface area contributed by atoms with Crippen molar-refractivity contribution in [3.05, 3.63) is 80.3 Å². The number of nitrogens with zero attached hydrogens (tertiary/aromatic N) is 1. The van der Waals surface area contributed by atoms with Crippen LogP contribution >= 0.6 is 15.9 Å². The standard InChI is InChI=1S/C18H15BrN2O2/c19-11-8-9-16-15(10-11)12-5-3-6-13(12)18(20-16)14-4-1-2-7-17(14)21(22)23/h1-5,7-10,12-13,18,20H,6H2/t12-,13+,18-/m1/s1. The molecular formula is C18H15BrN2O2. The molecule has 2 aromatic rings. The first kappa shape index (κ1) is 14.5. The number of para-hydroxylation sites is 1. The number of hydrogen-bond acceptors (Lipinski definition) is 3. The molecule has 23 heavy (non-hydrogen) atoms. The number of anilines is 1. The maximum Gasteiger partial charge on any atom is 0.274 e. The first-order chi connectivity index (χ1) is 11.1. The van der Waals surface area contributed by atoms with Gasteiger partial charge in [0.25, 0.3) is 5.69 Å². The highest BCUT2D eigenvalue weighted by molar-refractivity contribution is 9.10. The van der Waals surface area contributed by atoms with Gasteiger partial charge in [-0.2, -0.15) is 0 Å². The SMILES string of the molecule is O=[N+]([O-])c1ccccc1[C@@H]1Nc2ccc(Br)cc2[C@@H]2C=CC[C@@H]21. The third kappa shape index (κ3) is 2.36. The Morgan fingerprint density at radius 2 is 2.00 bits per heavy atom. The van der Waals surface area contributed by atoms with E-state index in [0.29, 0.717) is 11.8 Å². The zero-order chi connectivity index (χ0) is 16.0. The van der Waals surface area contributed by atoms with Crippen molar-refractivity contribution in [2.75, 3.05) is 5.32 Å². The second-order valence-corrected chi connectivity index (χ2v) is 6.94. The zero-order valence-electron chi connectivity index (χ0n) is 12.3. The molecular weight excluding hydrogens is 356 g/mol. The Kier molecular flexibility index (Phi) is 3.45. The Labute approximate surface area is 142 Å². The van der Waals surface area contributed by atoms with Gasteiger partial charge in [0.1, 0.15) is 0 Å². The second-order valence-electron chi connectivity index (χ2n) is 6.02. The van der Waals surface area contributed by atoms with E-state index in [4.69, 9.17) is 0 Å². The zero-order valence-corrected chi connectivity index (χ0v) is 13.9. The van der Waals surface area contributed by atoms with Crippen molar-refractivity contribution in [3.8, 4) is 0 Å². The summed E-state index contributed by atoms with van der Waals surface area (Å²) in [5.74, 6) is 0.603. The smallest absolute Gasteiger partial charge is 0.274 e. The minimum atomic E-state index is -0.286. The van der Waals surface area contributed by atoms with E-state index in [0.717, 1.165) is 22.1 Å². The largest absolute Gasteiger partial charge is 0.377 e. The maximum absolute atomic E-state index is 11.4. The van der Waals surface area contributed by atoms with Crippen LogP contribution in [0.15, 0.2) is 59.1 Å². The number of nitro groups is 1. The Bertz CT molecular complexity index is 818. The van der Waals surface area contributed by atoms with Crippen LogP contribution in [0.5, 0.6) is 0 Å². The molecule has 0 saturated heterocycles. The quantitative estimate of drug-likeness (QED) is 0.449. The minimum Gasteiger partial charge on any atom is -0.377 e. The molecule has 0 fully saturated rings. The fraction of sp³-hybridized carbons (Fsp3) is 0.222. The van der Waals surface area contributed by atoms with Gasteiger partial charge in [0.15, 0.2) is 0 Å². The Morgan fingerprint density at radius 3 is 2.83 bits per heavy atom. The molecule has 0 saturated carbocycles. The van der Waals surface area contributed by atoms with Crippen LogP contribution in [-0.2, 0) is 0 Å². The number of halogens is 1. The summed E-state index contributed by atoms with van der Waals surface area (Å²) < 4.78 is 1.06. The summed E-state index contributed by atoms with van der Waals surface area (Å²) >= 11 is 3.54. The average Bonchev–Trinajstić information content (AvgIpc) is 3.04. The van der Waals surface area contributed by atoms with Gasteiger partial charge in [0.05, 0.1) is 16.5 Å². The number of fused-ring (bicyclic) bond motifs is 3. The third-order valence-corrected chi connectivity index (χ3v) is 5.29. The van der Waals surface area contributed by atoms with Crippen LogP contribution in [0.2, 0.25) is 0 Å². The first-order valence-electron chi connectivity index (χ1n) is 7.61. The van der Waals surface area contributed by atoms with Crippen molar-refractivity contribution in [1.29, 1.82) is 0 Å². The van der Waals surface area contributed by atoms with Crippen molar-refractivity contribution >= 4 is 27.3 Å². The Balaban J connectivity index is 1.83. The van der Waals surface area contributed by atoms with Gasteiger partial charge in [-0.3, -0.25) is 10.1 Å². The molecule has 2 aromatic carbocycles. The van der Waals surface area contributed by atoms with Crippen molar-refractivity contribution in [1.82, 2.24) is 0 Å². The summed E-state index contributed by atoms with van der Waals surface area (Å²) in [4.78, 5) is 11.1. The molecule has 2 aliphatic rings. The molecule has 1 N–H and O–H groups in total. The molecule has 0 spiro atoms. The summed E-state index contributed by atoms with van der Waals surface area (Å²) in [6.45, 7) is 0. The van der Waals surface area contributed by atoms with Crippen molar-refractivity contribution in [3.63, 3.8) is 0 Å². The van der Waals surface area contributed by atoms with Crippen LogP contribution in [0.4, 0.5) is 11.4 Å². The third-order valence-electron chi connectivity index (χ3n) is 4.79. The molecule has 0 aromatic heterocycles. The van der Waals surface area contributed by atoms with E-state index >= 15 is 0 Å². The molecule has 0 radical (unpaired) electrons. The van der Waals surface area contributed by atoms with Crippen LogP contribution in [0.1, 0.15) is 29.5 Å². The van der Waals surface area contributed by atoms with Crippen LogP contribution < -0.4 is 5.32 Å². The molecule has 1 aliphatic heterocycles. The molecule has 116 valence electrons. The lowest BCUT2D eigenvalue weighted by molar-refractivity contribution is -0.385. The number of benzene rings is 2. The second kappa shape index (κ2) is 5.49. The molecule has 4 nitrogen and oxygen atoms in total. The Hall–Kier alpha value is -2.14. The monoisotopic (exact) mass is 370 g/mol. The fourth-order valence-corrected chi connectivity index (χ4v) is 4.17. The van der Waals surface area contributed by atoms with Gasteiger partial charge >= 0.3 is 0 Å². The average molecular weight is 371 g/mol. The summed E-state index contributed by atoms with van der Waals surface area (Å²) in [5, 5.41) is 14.9. The predicted octanol–water partition coefficient (Wildman–Crippen LogP) is 5.18. The van der Waals surface area contributed by atoms with E-state index in [2.05, 4.69) is 39.5 Å². The molecule has 0 unspecified atom stereocenters. The van der Waals surface area contributed by atoms with Gasteiger partial charge in [0, 0.05) is 22.1 Å². The van der Waals surface area contributed by atoms with Crippen molar-refractivity contribution < 1.29 is 4.92 Å². The molecule has 1 heterocycles. The normalized spacial score (nSPS) is 24.7. The maximum atomic E-state index is 11.4.